The van der Waals surface area contributed by atoms with E-state index < -0.39 is 23.5 Å². The number of carbonyl (C=O) groups is 2. The number of amides is 1. The van der Waals surface area contributed by atoms with Gasteiger partial charge in [0, 0.05) is 5.69 Å². The van der Waals surface area contributed by atoms with Crippen LogP contribution < -0.4 is 9.64 Å². The van der Waals surface area contributed by atoms with Crippen LogP contribution in [0.4, 0.5) is 5.69 Å². The van der Waals surface area contributed by atoms with E-state index in [2.05, 4.69) is 0 Å². The minimum Gasteiger partial charge on any atom is -0.507 e. The summed E-state index contributed by atoms with van der Waals surface area (Å²) in [5.74, 6) is -2.07. The van der Waals surface area contributed by atoms with Gasteiger partial charge in [0.2, 0.25) is 0 Å². The minimum absolute atomic E-state index is 0.0457. The lowest BCUT2D eigenvalue weighted by Crippen LogP contribution is -2.29. The van der Waals surface area contributed by atoms with Crippen molar-refractivity contribution in [1.82, 2.24) is 0 Å². The Bertz CT molecular complexity index is 1410. The van der Waals surface area contributed by atoms with Gasteiger partial charge in [0.25, 0.3) is 11.7 Å². The van der Waals surface area contributed by atoms with Gasteiger partial charge in [-0.3, -0.25) is 14.5 Å². The number of phenols is 1. The molecule has 1 fully saturated rings. The average molecular weight is 512 g/mol. The van der Waals surface area contributed by atoms with Gasteiger partial charge < -0.3 is 14.9 Å². The van der Waals surface area contributed by atoms with E-state index in [9.17, 15) is 19.8 Å². The first kappa shape index (κ1) is 24.6. The number of Topliss-reactive ketones (excluding diaryl/α,β-unsaturated/α-hetero) is 1. The molecule has 8 heteroatoms. The lowest BCUT2D eigenvalue weighted by molar-refractivity contribution is -0.132. The fourth-order valence-corrected chi connectivity index (χ4v) is 4.78. The van der Waals surface area contributed by atoms with Crippen molar-refractivity contribution in [1.29, 1.82) is 0 Å². The topological polar surface area (TPSA) is 87.1 Å². The summed E-state index contributed by atoms with van der Waals surface area (Å²) in [6, 6.07) is 12.1. The second-order valence-electron chi connectivity index (χ2n) is 8.48. The average Bonchev–Trinajstić information content (AvgIpc) is 3.07. The van der Waals surface area contributed by atoms with E-state index in [-0.39, 0.29) is 32.7 Å². The number of benzene rings is 3. The molecular formula is C27H23Cl2NO5. The standard InChI is InChI=1S/C27H23Cl2NO5/c1-13-9-18(26(35-4)20(29)10-13)24(32)22-23(16-6-8-21(31)19(28)12-16)30(27(34)25(22)33)17-7-5-14(2)15(3)11-17/h5-12,23,31-32H,1-4H3/b24-22+. The molecule has 1 unspecified atom stereocenters. The number of anilines is 1. The van der Waals surface area contributed by atoms with Gasteiger partial charge in [-0.2, -0.15) is 0 Å². The number of hydrogen-bond donors (Lipinski definition) is 2. The summed E-state index contributed by atoms with van der Waals surface area (Å²) < 4.78 is 5.40. The Hall–Kier alpha value is -3.48. The van der Waals surface area contributed by atoms with Crippen LogP contribution in [0.25, 0.3) is 5.76 Å². The zero-order valence-electron chi connectivity index (χ0n) is 19.5. The minimum atomic E-state index is -1.01. The number of rotatable bonds is 4. The van der Waals surface area contributed by atoms with Crippen LogP contribution in [0.15, 0.2) is 54.1 Å². The number of hydrogen-bond acceptors (Lipinski definition) is 5. The highest BCUT2D eigenvalue weighted by Crippen LogP contribution is 2.45. The third-order valence-electron chi connectivity index (χ3n) is 6.15. The van der Waals surface area contributed by atoms with Crippen molar-refractivity contribution in [3.8, 4) is 11.5 Å². The molecule has 1 amide bonds. The van der Waals surface area contributed by atoms with E-state index >= 15 is 0 Å². The zero-order chi connectivity index (χ0) is 25.6. The second-order valence-corrected chi connectivity index (χ2v) is 9.29. The molecule has 0 bridgehead atoms. The van der Waals surface area contributed by atoms with Crippen molar-refractivity contribution in [2.45, 2.75) is 26.8 Å². The maximum Gasteiger partial charge on any atom is 0.300 e. The van der Waals surface area contributed by atoms with E-state index in [4.69, 9.17) is 27.9 Å². The predicted molar refractivity (Wildman–Crippen MR) is 137 cm³/mol. The highest BCUT2D eigenvalue weighted by atomic mass is 35.5. The molecule has 180 valence electrons. The summed E-state index contributed by atoms with van der Waals surface area (Å²) in [6.07, 6.45) is 0. The van der Waals surface area contributed by atoms with E-state index in [1.165, 1.54) is 24.1 Å². The van der Waals surface area contributed by atoms with Gasteiger partial charge in [-0.25, -0.2) is 0 Å². The third kappa shape index (κ3) is 4.24. The molecule has 1 heterocycles. The van der Waals surface area contributed by atoms with Crippen LogP contribution in [-0.4, -0.2) is 29.0 Å². The Labute approximate surface area is 213 Å². The largest absolute Gasteiger partial charge is 0.507 e. The fourth-order valence-electron chi connectivity index (χ4n) is 4.24. The molecule has 1 saturated heterocycles. The summed E-state index contributed by atoms with van der Waals surface area (Å²) in [7, 11) is 1.40. The van der Waals surface area contributed by atoms with Crippen molar-refractivity contribution >= 4 is 46.3 Å². The third-order valence-corrected chi connectivity index (χ3v) is 6.73. The molecule has 0 saturated carbocycles. The Kier molecular flexibility index (Phi) is 6.54. The lowest BCUT2D eigenvalue weighted by Gasteiger charge is -2.26. The normalized spacial score (nSPS) is 17.2. The number of aliphatic hydroxyl groups is 1. The molecule has 35 heavy (non-hydrogen) atoms. The summed E-state index contributed by atoms with van der Waals surface area (Å²) in [5.41, 5.74) is 3.64. The van der Waals surface area contributed by atoms with Gasteiger partial charge in [0.05, 0.1) is 34.3 Å². The molecule has 0 aliphatic carbocycles. The molecule has 0 aromatic heterocycles. The summed E-state index contributed by atoms with van der Waals surface area (Å²) >= 11 is 12.5. The molecular weight excluding hydrogens is 489 g/mol. The molecule has 1 atom stereocenters. The number of ketones is 1. The Morgan fingerprint density at radius 2 is 1.66 bits per heavy atom. The molecule has 0 radical (unpaired) electrons. The summed E-state index contributed by atoms with van der Waals surface area (Å²) in [6.45, 7) is 5.63. The van der Waals surface area contributed by atoms with Gasteiger partial charge in [0.15, 0.2) is 0 Å². The van der Waals surface area contributed by atoms with Crippen molar-refractivity contribution in [3.05, 3.63) is 92.0 Å². The predicted octanol–water partition coefficient (Wildman–Crippen LogP) is 6.26. The van der Waals surface area contributed by atoms with E-state index in [1.807, 2.05) is 19.9 Å². The number of aromatic hydroxyl groups is 1. The maximum absolute atomic E-state index is 13.4. The molecule has 6 nitrogen and oxygen atoms in total. The molecule has 1 aliphatic heterocycles. The molecule has 1 aliphatic rings. The van der Waals surface area contributed by atoms with Crippen LogP contribution in [0.5, 0.6) is 11.5 Å². The Morgan fingerprint density at radius 1 is 0.943 bits per heavy atom. The second kappa shape index (κ2) is 9.29. The lowest BCUT2D eigenvalue weighted by atomic mass is 9.94. The number of phenolic OH excluding ortho intramolecular Hbond substituents is 1. The van der Waals surface area contributed by atoms with Crippen molar-refractivity contribution < 1.29 is 24.5 Å². The van der Waals surface area contributed by atoms with Crippen LogP contribution in [-0.2, 0) is 9.59 Å². The van der Waals surface area contributed by atoms with Crippen molar-refractivity contribution in [2.75, 3.05) is 12.0 Å². The quantitative estimate of drug-likeness (QED) is 0.245. The molecule has 0 spiro atoms. The maximum atomic E-state index is 13.4. The van der Waals surface area contributed by atoms with E-state index in [1.54, 1.807) is 37.3 Å². The fraction of sp³-hybridized carbons (Fsp3) is 0.185. The first-order valence-corrected chi connectivity index (χ1v) is 11.5. The molecule has 2 N–H and O–H groups in total. The van der Waals surface area contributed by atoms with Crippen molar-refractivity contribution in [2.24, 2.45) is 0 Å². The summed E-state index contributed by atoms with van der Waals surface area (Å²) in [4.78, 5) is 28.1. The smallest absolute Gasteiger partial charge is 0.300 e. The van der Waals surface area contributed by atoms with Gasteiger partial charge in [-0.05, 0) is 79.4 Å². The number of ether oxygens (including phenoxy) is 1. The molecule has 4 rings (SSSR count). The number of halogens is 2. The number of aryl methyl sites for hydroxylation is 3. The zero-order valence-corrected chi connectivity index (χ0v) is 21.0. The van der Waals surface area contributed by atoms with Crippen LogP contribution in [0, 0.1) is 20.8 Å². The van der Waals surface area contributed by atoms with E-state index in [0.717, 1.165) is 16.7 Å². The number of aliphatic hydroxyl groups excluding tert-OH is 1. The number of methoxy groups -OCH3 is 1. The van der Waals surface area contributed by atoms with Gasteiger partial charge in [0.1, 0.15) is 17.3 Å². The highest BCUT2D eigenvalue weighted by Gasteiger charge is 2.47. The Balaban J connectivity index is 2.03. The molecule has 3 aromatic rings. The molecule has 3 aromatic carbocycles. The Morgan fingerprint density at radius 3 is 2.29 bits per heavy atom. The first-order valence-electron chi connectivity index (χ1n) is 10.8. The van der Waals surface area contributed by atoms with Gasteiger partial charge in [-0.15, -0.1) is 0 Å². The summed E-state index contributed by atoms with van der Waals surface area (Å²) in [5, 5.41) is 21.7. The van der Waals surface area contributed by atoms with Crippen LogP contribution >= 0.6 is 23.2 Å². The van der Waals surface area contributed by atoms with Crippen LogP contribution in [0.3, 0.4) is 0 Å². The SMILES string of the molecule is COc1c(Cl)cc(C)cc1/C(O)=C1\C(=O)C(=O)N(c2ccc(C)c(C)c2)C1c1ccc(O)c(Cl)c1. The number of carbonyl (C=O) groups excluding carboxylic acids is 2. The monoisotopic (exact) mass is 511 g/mol. The van der Waals surface area contributed by atoms with E-state index in [0.29, 0.717) is 11.3 Å². The number of nitrogens with zero attached hydrogens (tertiary/aromatic N) is 1. The first-order chi connectivity index (χ1) is 16.5. The van der Waals surface area contributed by atoms with Gasteiger partial charge >= 0.3 is 0 Å². The van der Waals surface area contributed by atoms with Gasteiger partial charge in [-0.1, -0.05) is 35.3 Å². The van der Waals surface area contributed by atoms with Crippen LogP contribution in [0.1, 0.15) is 33.9 Å². The van der Waals surface area contributed by atoms with Crippen LogP contribution in [0.2, 0.25) is 10.0 Å². The van der Waals surface area contributed by atoms with Crippen molar-refractivity contribution in [3.63, 3.8) is 0 Å². The highest BCUT2D eigenvalue weighted by molar-refractivity contribution is 6.52.